The Bertz CT molecular complexity index is 400. The van der Waals surface area contributed by atoms with Crippen molar-refractivity contribution in [1.82, 2.24) is 9.97 Å². The molecule has 0 spiro atoms. The molecule has 0 saturated carbocycles. The molecule has 94 valence electrons. The van der Waals surface area contributed by atoms with Crippen molar-refractivity contribution in [2.24, 2.45) is 5.41 Å². The molecule has 1 fully saturated rings. The van der Waals surface area contributed by atoms with Crippen LogP contribution in [0.25, 0.3) is 0 Å². The summed E-state index contributed by atoms with van der Waals surface area (Å²) in [5.41, 5.74) is 1.56. The molecule has 1 aromatic rings. The quantitative estimate of drug-likeness (QED) is 0.872. The minimum Gasteiger partial charge on any atom is -0.356 e. The zero-order valence-corrected chi connectivity index (χ0v) is 11.2. The lowest BCUT2D eigenvalue weighted by Crippen LogP contribution is -2.25. The van der Waals surface area contributed by atoms with Crippen LogP contribution in [0.3, 0.4) is 0 Å². The van der Waals surface area contributed by atoms with Gasteiger partial charge in [0.25, 0.3) is 0 Å². The minimum atomic E-state index is 0.399. The first-order chi connectivity index (χ1) is 8.02. The largest absolute Gasteiger partial charge is 0.356 e. The van der Waals surface area contributed by atoms with E-state index in [1.807, 2.05) is 6.20 Å². The molecule has 0 radical (unpaired) electrons. The predicted molar refractivity (Wildman–Crippen MR) is 71.5 cm³/mol. The van der Waals surface area contributed by atoms with Crippen molar-refractivity contribution >= 4 is 11.8 Å². The molecule has 0 bridgehead atoms. The molecule has 4 heteroatoms. The Morgan fingerprint density at radius 2 is 2.24 bits per heavy atom. The van der Waals surface area contributed by atoms with E-state index in [1.54, 1.807) is 0 Å². The van der Waals surface area contributed by atoms with Gasteiger partial charge in [-0.05, 0) is 25.7 Å². The van der Waals surface area contributed by atoms with Crippen LogP contribution in [-0.2, 0) is 0 Å². The van der Waals surface area contributed by atoms with Crippen molar-refractivity contribution in [1.29, 1.82) is 0 Å². The van der Waals surface area contributed by atoms with Crippen LogP contribution in [0.15, 0.2) is 6.20 Å². The first kappa shape index (κ1) is 12.1. The van der Waals surface area contributed by atoms with E-state index in [0.717, 1.165) is 37.0 Å². The number of rotatable bonds is 3. The van der Waals surface area contributed by atoms with Crippen LogP contribution in [0, 0.1) is 12.3 Å². The fraction of sp³-hybridized carbons (Fsp3) is 0.692. The maximum Gasteiger partial charge on any atom is 0.224 e. The Morgan fingerprint density at radius 1 is 1.47 bits per heavy atom. The van der Waals surface area contributed by atoms with Crippen LogP contribution in [-0.4, -0.2) is 29.6 Å². The van der Waals surface area contributed by atoms with E-state index in [9.17, 15) is 0 Å². The van der Waals surface area contributed by atoms with Crippen molar-refractivity contribution in [3.05, 3.63) is 11.8 Å². The normalized spacial score (nSPS) is 18.5. The number of hydrogen-bond donors (Lipinski definition) is 1. The van der Waals surface area contributed by atoms with Crippen LogP contribution < -0.4 is 10.2 Å². The molecule has 0 unspecified atom stereocenters. The lowest BCUT2D eigenvalue weighted by Gasteiger charge is -2.22. The third kappa shape index (κ3) is 2.68. The summed E-state index contributed by atoms with van der Waals surface area (Å²) in [7, 11) is 0. The summed E-state index contributed by atoms with van der Waals surface area (Å²) in [5, 5.41) is 3.17. The second kappa shape index (κ2) is 4.51. The van der Waals surface area contributed by atoms with Gasteiger partial charge in [0.05, 0.1) is 0 Å². The van der Waals surface area contributed by atoms with Crippen LogP contribution in [0.2, 0.25) is 0 Å². The third-order valence-electron chi connectivity index (χ3n) is 3.26. The highest BCUT2D eigenvalue weighted by atomic mass is 15.2. The van der Waals surface area contributed by atoms with E-state index >= 15 is 0 Å². The van der Waals surface area contributed by atoms with Gasteiger partial charge in [-0.2, -0.15) is 4.98 Å². The van der Waals surface area contributed by atoms with Crippen molar-refractivity contribution in [2.75, 3.05) is 29.9 Å². The SMILES string of the molecule is CCNc1ncc(C)c(N2CCC(C)(C)C2)n1. The molecule has 1 aliphatic heterocycles. The van der Waals surface area contributed by atoms with Crippen molar-refractivity contribution in [3.63, 3.8) is 0 Å². The minimum absolute atomic E-state index is 0.399. The molecule has 1 N–H and O–H groups in total. The maximum absolute atomic E-state index is 4.61. The molecule has 0 aliphatic carbocycles. The average Bonchev–Trinajstić information content (AvgIpc) is 2.62. The summed E-state index contributed by atoms with van der Waals surface area (Å²) < 4.78 is 0. The Labute approximate surface area is 103 Å². The van der Waals surface area contributed by atoms with Gasteiger partial charge in [0.1, 0.15) is 5.82 Å². The summed E-state index contributed by atoms with van der Waals surface area (Å²) in [6.45, 7) is 11.8. The molecular weight excluding hydrogens is 212 g/mol. The standard InChI is InChI=1S/C13H22N4/c1-5-14-12-15-8-10(2)11(16-12)17-7-6-13(3,4)9-17/h8H,5-7,9H2,1-4H3,(H,14,15,16). The van der Waals surface area contributed by atoms with Crippen molar-refractivity contribution in [2.45, 2.75) is 34.1 Å². The van der Waals surface area contributed by atoms with Gasteiger partial charge >= 0.3 is 0 Å². The molecule has 0 aromatic carbocycles. The zero-order chi connectivity index (χ0) is 12.5. The Hall–Kier alpha value is -1.32. The molecule has 17 heavy (non-hydrogen) atoms. The van der Waals surface area contributed by atoms with E-state index in [0.29, 0.717) is 5.41 Å². The summed E-state index contributed by atoms with van der Waals surface area (Å²) in [5.74, 6) is 1.82. The average molecular weight is 234 g/mol. The topological polar surface area (TPSA) is 41.1 Å². The van der Waals surface area contributed by atoms with Gasteiger partial charge in [0, 0.05) is 31.4 Å². The first-order valence-electron chi connectivity index (χ1n) is 6.34. The predicted octanol–water partition coefficient (Wildman–Crippen LogP) is 2.45. The van der Waals surface area contributed by atoms with Gasteiger partial charge in [0.2, 0.25) is 5.95 Å². The number of hydrogen-bond acceptors (Lipinski definition) is 4. The fourth-order valence-electron chi connectivity index (χ4n) is 2.29. The third-order valence-corrected chi connectivity index (χ3v) is 3.26. The Balaban J connectivity index is 2.22. The summed E-state index contributed by atoms with van der Waals surface area (Å²) >= 11 is 0. The summed E-state index contributed by atoms with van der Waals surface area (Å²) in [6, 6.07) is 0. The highest BCUT2D eigenvalue weighted by Gasteiger charge is 2.30. The molecule has 0 amide bonds. The lowest BCUT2D eigenvalue weighted by atomic mass is 9.93. The Kier molecular flexibility index (Phi) is 3.22. The molecule has 0 atom stereocenters. The van der Waals surface area contributed by atoms with Crippen LogP contribution in [0.5, 0.6) is 0 Å². The van der Waals surface area contributed by atoms with Crippen molar-refractivity contribution < 1.29 is 0 Å². The molecule has 2 heterocycles. The van der Waals surface area contributed by atoms with Gasteiger partial charge in [0.15, 0.2) is 0 Å². The second-order valence-electron chi connectivity index (χ2n) is 5.57. The molecule has 1 aromatic heterocycles. The van der Waals surface area contributed by atoms with Gasteiger partial charge in [-0.15, -0.1) is 0 Å². The molecule has 1 aliphatic rings. The lowest BCUT2D eigenvalue weighted by molar-refractivity contribution is 0.418. The van der Waals surface area contributed by atoms with Gasteiger partial charge in [-0.1, -0.05) is 13.8 Å². The number of nitrogens with zero attached hydrogens (tertiary/aromatic N) is 3. The van der Waals surface area contributed by atoms with E-state index in [-0.39, 0.29) is 0 Å². The monoisotopic (exact) mass is 234 g/mol. The first-order valence-corrected chi connectivity index (χ1v) is 6.34. The van der Waals surface area contributed by atoms with Gasteiger partial charge in [-0.25, -0.2) is 4.98 Å². The summed E-state index contributed by atoms with van der Waals surface area (Å²) in [4.78, 5) is 11.3. The number of aryl methyl sites for hydroxylation is 1. The molecular formula is C13H22N4. The maximum atomic E-state index is 4.61. The fourth-order valence-corrected chi connectivity index (χ4v) is 2.29. The number of aromatic nitrogens is 2. The van der Waals surface area contributed by atoms with Crippen LogP contribution in [0.1, 0.15) is 32.8 Å². The van der Waals surface area contributed by atoms with Gasteiger partial charge in [-0.3, -0.25) is 0 Å². The van der Waals surface area contributed by atoms with Crippen LogP contribution in [0.4, 0.5) is 11.8 Å². The highest BCUT2D eigenvalue weighted by Crippen LogP contribution is 2.32. The zero-order valence-electron chi connectivity index (χ0n) is 11.2. The molecule has 4 nitrogen and oxygen atoms in total. The number of nitrogens with one attached hydrogen (secondary N) is 1. The second-order valence-corrected chi connectivity index (χ2v) is 5.57. The summed E-state index contributed by atoms with van der Waals surface area (Å²) in [6.07, 6.45) is 3.14. The van der Waals surface area contributed by atoms with Crippen molar-refractivity contribution in [3.8, 4) is 0 Å². The van der Waals surface area contributed by atoms with E-state index in [4.69, 9.17) is 0 Å². The molecule has 1 saturated heterocycles. The van der Waals surface area contributed by atoms with Crippen LogP contribution >= 0.6 is 0 Å². The van der Waals surface area contributed by atoms with E-state index in [1.165, 1.54) is 6.42 Å². The number of anilines is 2. The smallest absolute Gasteiger partial charge is 0.224 e. The molecule has 2 rings (SSSR count). The van der Waals surface area contributed by atoms with E-state index < -0.39 is 0 Å². The van der Waals surface area contributed by atoms with E-state index in [2.05, 4.69) is 47.9 Å². The van der Waals surface area contributed by atoms with Gasteiger partial charge < -0.3 is 10.2 Å². The Morgan fingerprint density at radius 3 is 2.82 bits per heavy atom. The highest BCUT2D eigenvalue weighted by molar-refractivity contribution is 5.50.